The van der Waals surface area contributed by atoms with Gasteiger partial charge in [-0.15, -0.1) is 0 Å². The summed E-state index contributed by atoms with van der Waals surface area (Å²) >= 11 is 0. The van der Waals surface area contributed by atoms with E-state index in [-0.39, 0.29) is 23.3 Å². The van der Waals surface area contributed by atoms with Crippen LogP contribution in [-0.2, 0) is 4.79 Å². The van der Waals surface area contributed by atoms with Crippen LogP contribution < -0.4 is 0 Å². The highest BCUT2D eigenvalue weighted by atomic mass is 16.4. The molecular formula is C17H22N2O2. The van der Waals surface area contributed by atoms with Crippen LogP contribution in [0.3, 0.4) is 0 Å². The number of rotatable bonds is 3. The Morgan fingerprint density at radius 1 is 1.38 bits per heavy atom. The minimum absolute atomic E-state index is 0.00916. The van der Waals surface area contributed by atoms with Crippen molar-refractivity contribution in [3.05, 3.63) is 29.6 Å². The summed E-state index contributed by atoms with van der Waals surface area (Å²) in [6, 6.07) is 6.51. The van der Waals surface area contributed by atoms with Crippen molar-refractivity contribution in [1.82, 2.24) is 9.55 Å². The lowest BCUT2D eigenvalue weighted by Gasteiger charge is -2.13. The Balaban J connectivity index is 2.19. The molecule has 1 saturated carbocycles. The highest BCUT2D eigenvalue weighted by Crippen LogP contribution is 2.64. The first-order chi connectivity index (χ1) is 9.75. The Hall–Kier alpha value is -1.84. The molecule has 1 fully saturated rings. The van der Waals surface area contributed by atoms with Crippen molar-refractivity contribution >= 4 is 17.0 Å². The van der Waals surface area contributed by atoms with Crippen molar-refractivity contribution < 1.29 is 9.90 Å². The number of hydrogen-bond donors (Lipinski definition) is 1. The molecule has 4 heteroatoms. The standard InChI is InChI=1S/C17H22N2O2/c1-9(2)19-12-7-6-10(3)8-11(12)18-15(19)13-14(16(20)21)17(13,4)5/h6-9,13-14H,1-5H3,(H,20,21). The zero-order valence-electron chi connectivity index (χ0n) is 13.2. The molecule has 2 atom stereocenters. The van der Waals surface area contributed by atoms with E-state index >= 15 is 0 Å². The summed E-state index contributed by atoms with van der Waals surface area (Å²) in [5.74, 6) is -0.149. The summed E-state index contributed by atoms with van der Waals surface area (Å²) in [6.45, 7) is 10.3. The van der Waals surface area contributed by atoms with Crippen molar-refractivity contribution in [2.24, 2.45) is 11.3 Å². The molecule has 0 aliphatic heterocycles. The molecule has 1 aromatic carbocycles. The van der Waals surface area contributed by atoms with E-state index in [0.717, 1.165) is 16.9 Å². The Kier molecular flexibility index (Phi) is 2.91. The number of carboxylic acid groups (broad SMARTS) is 1. The number of fused-ring (bicyclic) bond motifs is 1. The molecule has 0 amide bonds. The molecule has 4 nitrogen and oxygen atoms in total. The van der Waals surface area contributed by atoms with Gasteiger partial charge >= 0.3 is 5.97 Å². The SMILES string of the molecule is Cc1ccc2c(c1)nc(C1C(C(=O)O)C1(C)C)n2C(C)C. The molecule has 112 valence electrons. The van der Waals surface area contributed by atoms with Crippen LogP contribution in [0.25, 0.3) is 11.0 Å². The fourth-order valence-corrected chi connectivity index (χ4v) is 3.57. The molecule has 1 aliphatic carbocycles. The van der Waals surface area contributed by atoms with Gasteiger partial charge in [-0.1, -0.05) is 19.9 Å². The number of aliphatic carboxylic acids is 1. The second-order valence-corrected chi connectivity index (χ2v) is 7.04. The zero-order valence-corrected chi connectivity index (χ0v) is 13.2. The molecule has 1 aromatic heterocycles. The number of hydrogen-bond acceptors (Lipinski definition) is 2. The number of nitrogens with zero attached hydrogens (tertiary/aromatic N) is 2. The number of imidazole rings is 1. The van der Waals surface area contributed by atoms with Crippen molar-refractivity contribution in [3.63, 3.8) is 0 Å². The molecule has 0 bridgehead atoms. The summed E-state index contributed by atoms with van der Waals surface area (Å²) in [6.07, 6.45) is 0. The van der Waals surface area contributed by atoms with E-state index in [0.29, 0.717) is 0 Å². The molecule has 0 radical (unpaired) electrons. The van der Waals surface area contributed by atoms with Gasteiger partial charge in [-0.2, -0.15) is 0 Å². The van der Waals surface area contributed by atoms with Gasteiger partial charge in [0.05, 0.1) is 17.0 Å². The van der Waals surface area contributed by atoms with E-state index < -0.39 is 5.97 Å². The Morgan fingerprint density at radius 3 is 2.57 bits per heavy atom. The number of aryl methyl sites for hydroxylation is 1. The first kappa shape index (κ1) is 14.1. The maximum atomic E-state index is 11.5. The Labute approximate surface area is 124 Å². The van der Waals surface area contributed by atoms with Crippen LogP contribution in [0.1, 0.15) is 51.0 Å². The van der Waals surface area contributed by atoms with E-state index in [1.165, 1.54) is 5.56 Å². The van der Waals surface area contributed by atoms with Crippen LogP contribution in [0.15, 0.2) is 18.2 Å². The monoisotopic (exact) mass is 286 g/mol. The number of carboxylic acids is 1. The van der Waals surface area contributed by atoms with Gasteiger partial charge in [-0.3, -0.25) is 4.79 Å². The van der Waals surface area contributed by atoms with Crippen LogP contribution >= 0.6 is 0 Å². The first-order valence-corrected chi connectivity index (χ1v) is 7.46. The average molecular weight is 286 g/mol. The molecule has 1 heterocycles. The molecule has 21 heavy (non-hydrogen) atoms. The lowest BCUT2D eigenvalue weighted by molar-refractivity contribution is -0.139. The van der Waals surface area contributed by atoms with Crippen molar-refractivity contribution in [3.8, 4) is 0 Å². The summed E-state index contributed by atoms with van der Waals surface area (Å²) < 4.78 is 2.20. The van der Waals surface area contributed by atoms with Gasteiger partial charge in [-0.05, 0) is 43.9 Å². The van der Waals surface area contributed by atoms with E-state index in [1.807, 2.05) is 13.8 Å². The van der Waals surface area contributed by atoms with Crippen molar-refractivity contribution in [2.45, 2.75) is 46.6 Å². The van der Waals surface area contributed by atoms with Crippen LogP contribution in [-0.4, -0.2) is 20.6 Å². The molecular weight excluding hydrogens is 264 g/mol. The van der Waals surface area contributed by atoms with Crippen LogP contribution in [0.5, 0.6) is 0 Å². The molecule has 1 N–H and O–H groups in total. The third-order valence-corrected chi connectivity index (χ3v) is 4.76. The van der Waals surface area contributed by atoms with Crippen molar-refractivity contribution in [1.29, 1.82) is 0 Å². The summed E-state index contributed by atoms with van der Waals surface area (Å²) in [5.41, 5.74) is 3.00. The third-order valence-electron chi connectivity index (χ3n) is 4.76. The van der Waals surface area contributed by atoms with Gasteiger partial charge in [0.1, 0.15) is 5.82 Å². The fourth-order valence-electron chi connectivity index (χ4n) is 3.57. The van der Waals surface area contributed by atoms with E-state index in [9.17, 15) is 9.90 Å². The predicted octanol–water partition coefficient (Wildman–Crippen LogP) is 3.75. The van der Waals surface area contributed by atoms with Gasteiger partial charge in [0.2, 0.25) is 0 Å². The number of aromatic nitrogens is 2. The Bertz CT molecular complexity index is 728. The normalized spacial score (nSPS) is 23.7. The minimum Gasteiger partial charge on any atom is -0.481 e. The third kappa shape index (κ3) is 1.96. The van der Waals surface area contributed by atoms with Crippen LogP contribution in [0.4, 0.5) is 0 Å². The van der Waals surface area contributed by atoms with Gasteiger partial charge in [0, 0.05) is 12.0 Å². The highest BCUT2D eigenvalue weighted by Gasteiger charge is 2.64. The molecule has 3 rings (SSSR count). The lowest BCUT2D eigenvalue weighted by Crippen LogP contribution is -2.08. The van der Waals surface area contributed by atoms with Crippen LogP contribution in [0, 0.1) is 18.3 Å². The first-order valence-electron chi connectivity index (χ1n) is 7.46. The van der Waals surface area contributed by atoms with E-state index in [4.69, 9.17) is 4.98 Å². The summed E-state index contributed by atoms with van der Waals surface area (Å²) in [4.78, 5) is 16.3. The minimum atomic E-state index is -0.719. The van der Waals surface area contributed by atoms with Gasteiger partial charge < -0.3 is 9.67 Å². The van der Waals surface area contributed by atoms with E-state index in [2.05, 4.69) is 43.5 Å². The van der Waals surface area contributed by atoms with Gasteiger partial charge in [-0.25, -0.2) is 4.98 Å². The lowest BCUT2D eigenvalue weighted by atomic mass is 10.1. The summed E-state index contributed by atoms with van der Waals surface area (Å²) in [7, 11) is 0. The highest BCUT2D eigenvalue weighted by molar-refractivity contribution is 5.80. The number of benzene rings is 1. The number of carbonyl (C=O) groups is 1. The maximum Gasteiger partial charge on any atom is 0.307 e. The second kappa shape index (κ2) is 4.33. The predicted molar refractivity (Wildman–Crippen MR) is 82.5 cm³/mol. The quantitative estimate of drug-likeness (QED) is 0.935. The second-order valence-electron chi connectivity index (χ2n) is 7.04. The van der Waals surface area contributed by atoms with Crippen LogP contribution in [0.2, 0.25) is 0 Å². The fraction of sp³-hybridized carbons (Fsp3) is 0.529. The van der Waals surface area contributed by atoms with E-state index in [1.54, 1.807) is 0 Å². The molecule has 2 aromatic rings. The smallest absolute Gasteiger partial charge is 0.307 e. The molecule has 2 unspecified atom stereocenters. The van der Waals surface area contributed by atoms with Gasteiger partial charge in [0.25, 0.3) is 0 Å². The summed E-state index contributed by atoms with van der Waals surface area (Å²) in [5, 5.41) is 9.43. The Morgan fingerprint density at radius 2 is 2.05 bits per heavy atom. The molecule has 0 saturated heterocycles. The maximum absolute atomic E-state index is 11.5. The zero-order chi connectivity index (χ0) is 15.5. The molecule has 1 aliphatic rings. The average Bonchev–Trinajstić information content (AvgIpc) is 2.76. The molecule has 0 spiro atoms. The largest absolute Gasteiger partial charge is 0.481 e. The van der Waals surface area contributed by atoms with Crippen molar-refractivity contribution in [2.75, 3.05) is 0 Å². The van der Waals surface area contributed by atoms with Gasteiger partial charge in [0.15, 0.2) is 0 Å². The topological polar surface area (TPSA) is 55.1 Å².